The maximum atomic E-state index is 13.1. The van der Waals surface area contributed by atoms with E-state index >= 15 is 0 Å². The summed E-state index contributed by atoms with van der Waals surface area (Å²) in [4.78, 5) is 25.9. The van der Waals surface area contributed by atoms with Crippen molar-refractivity contribution >= 4 is 23.4 Å². The number of carbonyl (C=O) groups is 2. The first-order valence-corrected chi connectivity index (χ1v) is 7.36. The van der Waals surface area contributed by atoms with E-state index in [0.717, 1.165) is 6.42 Å². The lowest BCUT2D eigenvalue weighted by molar-refractivity contribution is -0.149. The molecule has 0 aliphatic carbocycles. The van der Waals surface area contributed by atoms with Crippen LogP contribution in [0.4, 0.5) is 4.39 Å². The summed E-state index contributed by atoms with van der Waals surface area (Å²) in [5, 5.41) is 2.94. The third-order valence-electron chi connectivity index (χ3n) is 3.61. The molecule has 0 aromatic heterocycles. The Morgan fingerprint density at radius 3 is 2.71 bits per heavy atom. The number of halogens is 2. The monoisotopic (exact) mass is 312 g/mol. The summed E-state index contributed by atoms with van der Waals surface area (Å²) in [6, 6.07) is 3.01. The highest BCUT2D eigenvalue weighted by atomic mass is 35.5. The van der Waals surface area contributed by atoms with E-state index in [2.05, 4.69) is 5.32 Å². The fourth-order valence-corrected chi connectivity index (χ4v) is 2.72. The molecule has 2 atom stereocenters. The number of piperazine rings is 1. The van der Waals surface area contributed by atoms with Gasteiger partial charge in [-0.05, 0) is 31.0 Å². The maximum Gasteiger partial charge on any atom is 0.245 e. The van der Waals surface area contributed by atoms with Crippen molar-refractivity contribution in [2.45, 2.75) is 45.3 Å². The van der Waals surface area contributed by atoms with Gasteiger partial charge in [0.1, 0.15) is 17.9 Å². The molecule has 6 heteroatoms. The zero-order chi connectivity index (χ0) is 15.6. The van der Waals surface area contributed by atoms with Crippen LogP contribution >= 0.6 is 11.6 Å². The minimum absolute atomic E-state index is 0.145. The molecule has 2 unspecified atom stereocenters. The lowest BCUT2D eigenvalue weighted by Gasteiger charge is -2.38. The van der Waals surface area contributed by atoms with E-state index in [-0.39, 0.29) is 23.4 Å². The molecular weight excluding hydrogens is 295 g/mol. The zero-order valence-electron chi connectivity index (χ0n) is 12.0. The number of nitrogens with zero attached hydrogens (tertiary/aromatic N) is 1. The van der Waals surface area contributed by atoms with Crippen LogP contribution in [0.3, 0.4) is 0 Å². The van der Waals surface area contributed by atoms with Crippen molar-refractivity contribution in [3.8, 4) is 0 Å². The minimum Gasteiger partial charge on any atom is -0.343 e. The molecule has 2 amide bonds. The molecule has 4 nitrogen and oxygen atoms in total. The third kappa shape index (κ3) is 3.35. The number of hydrogen-bond acceptors (Lipinski definition) is 2. The predicted molar refractivity (Wildman–Crippen MR) is 78.3 cm³/mol. The van der Waals surface area contributed by atoms with Gasteiger partial charge in [0.25, 0.3) is 0 Å². The molecule has 1 aromatic rings. The first-order valence-electron chi connectivity index (χ1n) is 6.98. The van der Waals surface area contributed by atoms with Crippen LogP contribution in [-0.4, -0.2) is 28.8 Å². The van der Waals surface area contributed by atoms with Crippen molar-refractivity contribution in [3.05, 3.63) is 34.6 Å². The number of benzene rings is 1. The maximum absolute atomic E-state index is 13.1. The van der Waals surface area contributed by atoms with Crippen LogP contribution < -0.4 is 5.32 Å². The Hall–Kier alpha value is -1.62. The standard InChI is InChI=1S/C15H18ClFN2O2/c1-3-4-13-14(20)18-9(2)15(21)19(13)8-10-5-6-11(17)7-12(10)16/h5-7,9,13H,3-4,8H2,1-2H3,(H,18,20). The summed E-state index contributed by atoms with van der Waals surface area (Å²) >= 11 is 6.02. The van der Waals surface area contributed by atoms with Gasteiger partial charge in [-0.25, -0.2) is 4.39 Å². The highest BCUT2D eigenvalue weighted by molar-refractivity contribution is 6.31. The SMILES string of the molecule is CCCC1C(=O)NC(C)C(=O)N1Cc1ccc(F)cc1Cl. The van der Waals surface area contributed by atoms with Crippen LogP contribution in [0.15, 0.2) is 18.2 Å². The van der Waals surface area contributed by atoms with Gasteiger partial charge in [-0.2, -0.15) is 0 Å². The Bertz CT molecular complexity index is 565. The molecule has 1 fully saturated rings. The molecule has 1 aliphatic rings. The summed E-state index contributed by atoms with van der Waals surface area (Å²) in [6.45, 7) is 3.82. The van der Waals surface area contributed by atoms with E-state index in [4.69, 9.17) is 11.6 Å². The smallest absolute Gasteiger partial charge is 0.245 e. The quantitative estimate of drug-likeness (QED) is 0.928. The van der Waals surface area contributed by atoms with Crippen molar-refractivity contribution in [1.82, 2.24) is 10.2 Å². The van der Waals surface area contributed by atoms with Crippen LogP contribution in [0.25, 0.3) is 0 Å². The Morgan fingerprint density at radius 1 is 1.38 bits per heavy atom. The van der Waals surface area contributed by atoms with Crippen molar-refractivity contribution in [3.63, 3.8) is 0 Å². The molecule has 0 saturated carbocycles. The molecule has 2 rings (SSSR count). The Balaban J connectivity index is 2.27. The highest BCUT2D eigenvalue weighted by Crippen LogP contribution is 2.23. The third-order valence-corrected chi connectivity index (χ3v) is 3.96. The molecule has 114 valence electrons. The van der Waals surface area contributed by atoms with E-state index in [9.17, 15) is 14.0 Å². The van der Waals surface area contributed by atoms with Crippen LogP contribution in [0, 0.1) is 5.82 Å². The van der Waals surface area contributed by atoms with Crippen molar-refractivity contribution in [2.75, 3.05) is 0 Å². The number of rotatable bonds is 4. The summed E-state index contributed by atoms with van der Waals surface area (Å²) in [6.07, 6.45) is 1.37. The van der Waals surface area contributed by atoms with E-state index in [0.29, 0.717) is 12.0 Å². The second-order valence-corrected chi connectivity index (χ2v) is 5.64. The number of amides is 2. The lowest BCUT2D eigenvalue weighted by atomic mass is 10.0. The molecule has 1 heterocycles. The topological polar surface area (TPSA) is 49.4 Å². The van der Waals surface area contributed by atoms with Gasteiger partial charge in [0.15, 0.2) is 0 Å². The predicted octanol–water partition coefficient (Wildman–Crippen LogP) is 2.49. The van der Waals surface area contributed by atoms with E-state index in [1.54, 1.807) is 13.0 Å². The average Bonchev–Trinajstić information content (AvgIpc) is 2.42. The Kier molecular flexibility index (Phi) is 4.83. The second-order valence-electron chi connectivity index (χ2n) is 5.24. The van der Waals surface area contributed by atoms with Gasteiger partial charge in [-0.15, -0.1) is 0 Å². The summed E-state index contributed by atoms with van der Waals surface area (Å²) in [5.74, 6) is -0.722. The number of hydrogen-bond donors (Lipinski definition) is 1. The molecule has 0 spiro atoms. The largest absolute Gasteiger partial charge is 0.343 e. The summed E-state index contributed by atoms with van der Waals surface area (Å²) in [5.41, 5.74) is 0.634. The van der Waals surface area contributed by atoms with E-state index in [1.807, 2.05) is 6.92 Å². The first-order chi connectivity index (χ1) is 9.93. The van der Waals surface area contributed by atoms with E-state index < -0.39 is 17.9 Å². The van der Waals surface area contributed by atoms with Crippen molar-refractivity contribution < 1.29 is 14.0 Å². The highest BCUT2D eigenvalue weighted by Gasteiger charge is 2.37. The second kappa shape index (κ2) is 6.43. The molecule has 1 N–H and O–H groups in total. The normalized spacial score (nSPS) is 22.4. The van der Waals surface area contributed by atoms with Gasteiger partial charge in [-0.1, -0.05) is 31.0 Å². The van der Waals surface area contributed by atoms with E-state index in [1.165, 1.54) is 17.0 Å². The fraction of sp³-hybridized carbons (Fsp3) is 0.467. The number of nitrogens with one attached hydrogen (secondary N) is 1. The van der Waals surface area contributed by atoms with Gasteiger partial charge >= 0.3 is 0 Å². The molecular formula is C15H18ClFN2O2. The average molecular weight is 313 g/mol. The van der Waals surface area contributed by atoms with Gasteiger partial charge in [0.2, 0.25) is 11.8 Å². The van der Waals surface area contributed by atoms with Gasteiger partial charge in [0, 0.05) is 11.6 Å². The first kappa shape index (κ1) is 15.8. The van der Waals surface area contributed by atoms with Crippen LogP contribution in [0.1, 0.15) is 32.3 Å². The molecule has 0 bridgehead atoms. The molecule has 1 aromatic carbocycles. The van der Waals surface area contributed by atoms with Crippen LogP contribution in [0.2, 0.25) is 5.02 Å². The zero-order valence-corrected chi connectivity index (χ0v) is 12.8. The van der Waals surface area contributed by atoms with Gasteiger partial charge < -0.3 is 10.2 Å². The number of carbonyl (C=O) groups excluding carboxylic acids is 2. The summed E-state index contributed by atoms with van der Waals surface area (Å²) < 4.78 is 13.1. The molecule has 0 radical (unpaired) electrons. The van der Waals surface area contributed by atoms with Crippen LogP contribution in [-0.2, 0) is 16.1 Å². The summed E-state index contributed by atoms with van der Waals surface area (Å²) in [7, 11) is 0. The molecule has 1 aliphatic heterocycles. The van der Waals surface area contributed by atoms with Gasteiger partial charge in [0.05, 0.1) is 0 Å². The van der Waals surface area contributed by atoms with Crippen LogP contribution in [0.5, 0.6) is 0 Å². The molecule has 21 heavy (non-hydrogen) atoms. The van der Waals surface area contributed by atoms with Crippen molar-refractivity contribution in [2.24, 2.45) is 0 Å². The molecule has 1 saturated heterocycles. The minimum atomic E-state index is -0.551. The Labute approximate surface area is 128 Å². The fourth-order valence-electron chi connectivity index (χ4n) is 2.50. The Morgan fingerprint density at radius 2 is 2.10 bits per heavy atom. The lowest BCUT2D eigenvalue weighted by Crippen LogP contribution is -2.61. The van der Waals surface area contributed by atoms with Crippen molar-refractivity contribution in [1.29, 1.82) is 0 Å². The van der Waals surface area contributed by atoms with Gasteiger partial charge in [-0.3, -0.25) is 9.59 Å².